The van der Waals surface area contributed by atoms with Gasteiger partial charge in [-0.1, -0.05) is 18.7 Å². The Labute approximate surface area is 56.6 Å². The highest BCUT2D eigenvalue weighted by atomic mass is 14.5. The Balaban J connectivity index is 4.19. The fourth-order valence-corrected chi connectivity index (χ4v) is 0.469. The quantitative estimate of drug-likeness (QED) is 0.537. The highest BCUT2D eigenvalue weighted by Gasteiger charge is 1.88. The van der Waals surface area contributed by atoms with Crippen LogP contribution < -0.4 is 5.73 Å². The third-order valence-corrected chi connectivity index (χ3v) is 1.30. The van der Waals surface area contributed by atoms with Gasteiger partial charge in [0.15, 0.2) is 0 Å². The van der Waals surface area contributed by atoms with E-state index in [1.165, 1.54) is 11.1 Å². The van der Waals surface area contributed by atoms with E-state index in [9.17, 15) is 0 Å². The van der Waals surface area contributed by atoms with E-state index in [0.717, 1.165) is 0 Å². The summed E-state index contributed by atoms with van der Waals surface area (Å²) in [4.78, 5) is 0. The smallest absolute Gasteiger partial charge is 0.0941 e. The molecule has 0 aliphatic rings. The van der Waals surface area contributed by atoms with Crippen molar-refractivity contribution < 1.29 is 5.73 Å². The Kier molecular flexibility index (Phi) is 3.72. The van der Waals surface area contributed by atoms with Gasteiger partial charge in [-0.15, -0.1) is 0 Å². The molecule has 0 fully saturated rings. The number of quaternary nitrogens is 1. The normalized spacial score (nSPS) is 13.7. The monoisotopic (exact) mass is 124 g/mol. The Morgan fingerprint density at radius 1 is 1.33 bits per heavy atom. The van der Waals surface area contributed by atoms with Crippen molar-refractivity contribution in [1.29, 1.82) is 0 Å². The molecule has 0 aromatic carbocycles. The molecule has 0 aliphatic carbocycles. The molecule has 0 radical (unpaired) electrons. The summed E-state index contributed by atoms with van der Waals surface area (Å²) in [5, 5.41) is 0. The molecule has 0 rings (SSSR count). The molecule has 0 aromatic heterocycles. The lowest BCUT2D eigenvalue weighted by atomic mass is 10.1. The minimum Gasteiger partial charge on any atom is -0.331 e. The molecule has 9 heavy (non-hydrogen) atoms. The predicted octanol–water partition coefficient (Wildman–Crippen LogP) is 1.26. The van der Waals surface area contributed by atoms with Crippen LogP contribution in [-0.4, -0.2) is 0 Å². The maximum absolute atomic E-state index is 3.65. The SMILES string of the molecule is C=CC=C(C)C(C)=C[NH3+]. The van der Waals surface area contributed by atoms with Crippen LogP contribution in [-0.2, 0) is 0 Å². The van der Waals surface area contributed by atoms with E-state index in [0.29, 0.717) is 0 Å². The van der Waals surface area contributed by atoms with E-state index in [2.05, 4.69) is 12.3 Å². The van der Waals surface area contributed by atoms with Gasteiger partial charge < -0.3 is 5.73 Å². The maximum Gasteiger partial charge on any atom is 0.0941 e. The molecule has 0 aliphatic heterocycles. The van der Waals surface area contributed by atoms with Crippen molar-refractivity contribution in [1.82, 2.24) is 0 Å². The molecule has 50 valence electrons. The van der Waals surface area contributed by atoms with Crippen molar-refractivity contribution in [3.8, 4) is 0 Å². The van der Waals surface area contributed by atoms with Crippen LogP contribution in [0.2, 0.25) is 0 Å². The standard InChI is InChI=1S/C8H13N/c1-4-5-7(2)8(3)6-9/h4-6H,1,9H2,2-3H3/p+1. The molecule has 0 aromatic rings. The molecule has 1 heteroatoms. The minimum atomic E-state index is 1.20. The average Bonchev–Trinajstić information content (AvgIpc) is 1.87. The molecule has 0 unspecified atom stereocenters. The zero-order valence-corrected chi connectivity index (χ0v) is 6.15. The van der Waals surface area contributed by atoms with Crippen LogP contribution in [0, 0.1) is 0 Å². The van der Waals surface area contributed by atoms with Gasteiger partial charge in [0.05, 0.1) is 6.20 Å². The van der Waals surface area contributed by atoms with Crippen LogP contribution in [0.4, 0.5) is 0 Å². The highest BCUT2D eigenvalue weighted by Crippen LogP contribution is 2.04. The lowest BCUT2D eigenvalue weighted by molar-refractivity contribution is -0.276. The van der Waals surface area contributed by atoms with Crippen LogP contribution in [0.1, 0.15) is 13.8 Å². The second kappa shape index (κ2) is 4.10. The molecular formula is C8H14N+. The van der Waals surface area contributed by atoms with Crippen molar-refractivity contribution in [2.24, 2.45) is 0 Å². The van der Waals surface area contributed by atoms with Crippen LogP contribution in [0.5, 0.6) is 0 Å². The van der Waals surface area contributed by atoms with Crippen LogP contribution >= 0.6 is 0 Å². The van der Waals surface area contributed by atoms with Crippen molar-refractivity contribution in [2.45, 2.75) is 13.8 Å². The summed E-state index contributed by atoms with van der Waals surface area (Å²) in [6.07, 6.45) is 5.59. The lowest BCUT2D eigenvalue weighted by Gasteiger charge is -1.93. The van der Waals surface area contributed by atoms with Gasteiger partial charge in [0.25, 0.3) is 0 Å². The van der Waals surface area contributed by atoms with Crippen LogP contribution in [0.25, 0.3) is 0 Å². The Morgan fingerprint density at radius 3 is 2.22 bits per heavy atom. The molecule has 0 bridgehead atoms. The topological polar surface area (TPSA) is 27.6 Å². The minimum absolute atomic E-state index is 1.20. The van der Waals surface area contributed by atoms with E-state index in [1.807, 2.05) is 26.1 Å². The average molecular weight is 124 g/mol. The molecule has 0 amide bonds. The van der Waals surface area contributed by atoms with Gasteiger partial charge in [-0.25, -0.2) is 0 Å². The summed E-state index contributed by atoms with van der Waals surface area (Å²) < 4.78 is 0. The summed E-state index contributed by atoms with van der Waals surface area (Å²) in [5.41, 5.74) is 6.08. The van der Waals surface area contributed by atoms with E-state index in [4.69, 9.17) is 0 Å². The van der Waals surface area contributed by atoms with Crippen molar-refractivity contribution in [2.75, 3.05) is 0 Å². The molecular weight excluding hydrogens is 110 g/mol. The molecule has 0 saturated carbocycles. The zero-order chi connectivity index (χ0) is 7.28. The van der Waals surface area contributed by atoms with Crippen molar-refractivity contribution >= 4 is 0 Å². The Morgan fingerprint density at radius 2 is 1.89 bits per heavy atom. The first-order valence-corrected chi connectivity index (χ1v) is 2.98. The molecule has 0 spiro atoms. The number of hydrogen-bond donors (Lipinski definition) is 1. The fraction of sp³-hybridized carbons (Fsp3) is 0.250. The van der Waals surface area contributed by atoms with Crippen LogP contribution in [0.3, 0.4) is 0 Å². The summed E-state index contributed by atoms with van der Waals surface area (Å²) in [5.74, 6) is 0. The first-order chi connectivity index (χ1) is 4.22. The number of rotatable bonds is 2. The zero-order valence-electron chi connectivity index (χ0n) is 6.15. The van der Waals surface area contributed by atoms with Gasteiger partial charge in [-0.2, -0.15) is 0 Å². The van der Waals surface area contributed by atoms with Crippen molar-refractivity contribution in [3.05, 3.63) is 36.1 Å². The van der Waals surface area contributed by atoms with E-state index in [1.54, 1.807) is 6.08 Å². The fourth-order valence-electron chi connectivity index (χ4n) is 0.469. The predicted molar refractivity (Wildman–Crippen MR) is 40.6 cm³/mol. The lowest BCUT2D eigenvalue weighted by Crippen LogP contribution is -2.40. The number of hydrogen-bond acceptors (Lipinski definition) is 0. The summed E-state index contributed by atoms with van der Waals surface area (Å²) in [6, 6.07) is 0. The third-order valence-electron chi connectivity index (χ3n) is 1.30. The van der Waals surface area contributed by atoms with Gasteiger partial charge in [-0.3, -0.25) is 0 Å². The van der Waals surface area contributed by atoms with Gasteiger partial charge >= 0.3 is 0 Å². The Hall–Kier alpha value is -0.820. The van der Waals surface area contributed by atoms with E-state index in [-0.39, 0.29) is 0 Å². The second-order valence-electron chi connectivity index (χ2n) is 1.97. The molecule has 1 nitrogen and oxygen atoms in total. The molecule has 0 heterocycles. The van der Waals surface area contributed by atoms with E-state index < -0.39 is 0 Å². The van der Waals surface area contributed by atoms with Crippen LogP contribution in [0.15, 0.2) is 36.1 Å². The number of allylic oxidation sites excluding steroid dienone is 4. The van der Waals surface area contributed by atoms with Gasteiger partial charge in [0, 0.05) is 5.57 Å². The summed E-state index contributed by atoms with van der Waals surface area (Å²) in [6.45, 7) is 7.66. The first kappa shape index (κ1) is 8.18. The highest BCUT2D eigenvalue weighted by molar-refractivity contribution is 5.27. The summed E-state index contributed by atoms with van der Waals surface area (Å²) in [7, 11) is 0. The molecule has 0 atom stereocenters. The van der Waals surface area contributed by atoms with Crippen molar-refractivity contribution in [3.63, 3.8) is 0 Å². The second-order valence-corrected chi connectivity index (χ2v) is 1.97. The largest absolute Gasteiger partial charge is 0.331 e. The van der Waals surface area contributed by atoms with Gasteiger partial charge in [0.2, 0.25) is 0 Å². The Bertz CT molecular complexity index is 152. The van der Waals surface area contributed by atoms with E-state index >= 15 is 0 Å². The third kappa shape index (κ3) is 2.88. The first-order valence-electron chi connectivity index (χ1n) is 2.98. The summed E-state index contributed by atoms with van der Waals surface area (Å²) >= 11 is 0. The molecule has 3 N–H and O–H groups in total. The van der Waals surface area contributed by atoms with Gasteiger partial charge in [0.1, 0.15) is 0 Å². The maximum atomic E-state index is 3.65. The van der Waals surface area contributed by atoms with Gasteiger partial charge in [-0.05, 0) is 19.4 Å². The molecule has 0 saturated heterocycles.